The van der Waals surface area contributed by atoms with E-state index in [0.29, 0.717) is 0 Å². The van der Waals surface area contributed by atoms with E-state index in [1.165, 1.54) is 33.0 Å². The Balaban J connectivity index is 1.27. The van der Waals surface area contributed by atoms with Crippen LogP contribution in [0.5, 0.6) is 0 Å². The Hall–Kier alpha value is -4.36. The fourth-order valence-corrected chi connectivity index (χ4v) is 4.40. The Morgan fingerprint density at radius 1 is 0.333 bits per heavy atom. The molecule has 0 bridgehead atoms. The minimum atomic E-state index is 0.876. The van der Waals surface area contributed by atoms with Gasteiger partial charge in [0.25, 0.3) is 0 Å². The van der Waals surface area contributed by atoms with E-state index in [2.05, 4.69) is 115 Å². The molecule has 0 aliphatic rings. The van der Waals surface area contributed by atoms with Gasteiger partial charge in [0.1, 0.15) is 11.5 Å². The van der Waals surface area contributed by atoms with Crippen molar-refractivity contribution in [2.75, 3.05) is 0 Å². The highest BCUT2D eigenvalue weighted by Crippen LogP contribution is 2.33. The van der Waals surface area contributed by atoms with E-state index in [9.17, 15) is 0 Å². The molecule has 1 aromatic heterocycles. The molecule has 0 amide bonds. The smallest absolute Gasteiger partial charge is 0.134 e. The maximum absolute atomic E-state index is 6.22. The Morgan fingerprint density at radius 3 is 1.55 bits per heavy atom. The molecule has 0 atom stereocenters. The molecule has 0 fully saturated rings. The molecule has 0 aliphatic carbocycles. The Morgan fingerprint density at radius 2 is 0.848 bits per heavy atom. The molecule has 1 nitrogen and oxygen atoms in total. The van der Waals surface area contributed by atoms with Gasteiger partial charge in [0.15, 0.2) is 0 Å². The Labute approximate surface area is 193 Å². The van der Waals surface area contributed by atoms with Crippen LogP contribution >= 0.6 is 0 Å². The first-order valence-electron chi connectivity index (χ1n) is 11.2. The van der Waals surface area contributed by atoms with Gasteiger partial charge in [-0.1, -0.05) is 121 Å². The summed E-state index contributed by atoms with van der Waals surface area (Å²) in [6, 6.07) is 46.6. The van der Waals surface area contributed by atoms with Gasteiger partial charge >= 0.3 is 0 Å². The van der Waals surface area contributed by atoms with Gasteiger partial charge < -0.3 is 4.42 Å². The lowest BCUT2D eigenvalue weighted by molar-refractivity contribution is 0.597. The molecule has 0 N–H and O–H groups in total. The summed E-state index contributed by atoms with van der Waals surface area (Å²) in [5, 5.41) is 2.53. The van der Waals surface area contributed by atoms with Crippen LogP contribution in [0.4, 0.5) is 0 Å². The average molecular weight is 423 g/mol. The maximum atomic E-state index is 6.22. The van der Waals surface area contributed by atoms with Crippen LogP contribution in [0, 0.1) is 0 Å². The minimum Gasteiger partial charge on any atom is -0.456 e. The van der Waals surface area contributed by atoms with Crippen molar-refractivity contribution in [3.8, 4) is 44.9 Å². The number of fused-ring (bicyclic) bond motifs is 1. The van der Waals surface area contributed by atoms with E-state index in [1.807, 2.05) is 18.2 Å². The molecule has 33 heavy (non-hydrogen) atoms. The van der Waals surface area contributed by atoms with Crippen LogP contribution < -0.4 is 0 Å². The third-order valence-electron chi connectivity index (χ3n) is 6.15. The van der Waals surface area contributed by atoms with E-state index in [-0.39, 0.29) is 0 Å². The van der Waals surface area contributed by atoms with Gasteiger partial charge in [-0.25, -0.2) is 0 Å². The number of hydrogen-bond acceptors (Lipinski definition) is 1. The molecular weight excluding hydrogens is 400 g/mol. The van der Waals surface area contributed by atoms with Crippen LogP contribution in [-0.2, 0) is 0 Å². The number of hydrogen-bond donors (Lipinski definition) is 0. The summed E-state index contributed by atoms with van der Waals surface area (Å²) in [4.78, 5) is 0. The number of rotatable bonds is 4. The molecule has 1 heteroatoms. The van der Waals surface area contributed by atoms with Gasteiger partial charge in [-0.15, -0.1) is 0 Å². The van der Waals surface area contributed by atoms with Crippen LogP contribution in [0.15, 0.2) is 138 Å². The van der Waals surface area contributed by atoms with Crippen molar-refractivity contribution < 1.29 is 4.42 Å². The second-order valence-corrected chi connectivity index (χ2v) is 8.21. The lowest BCUT2D eigenvalue weighted by Crippen LogP contribution is -1.82. The summed E-state index contributed by atoms with van der Waals surface area (Å²) < 4.78 is 6.22. The first-order valence-corrected chi connectivity index (χ1v) is 11.2. The van der Waals surface area contributed by atoms with Gasteiger partial charge in [0, 0.05) is 11.1 Å². The third-order valence-corrected chi connectivity index (χ3v) is 6.15. The summed E-state index contributed by atoms with van der Waals surface area (Å²) >= 11 is 0. The van der Waals surface area contributed by atoms with Crippen molar-refractivity contribution in [2.45, 2.75) is 0 Å². The molecule has 1 heterocycles. The van der Waals surface area contributed by atoms with Gasteiger partial charge in [0.2, 0.25) is 0 Å². The van der Waals surface area contributed by atoms with E-state index in [0.717, 1.165) is 22.6 Å². The van der Waals surface area contributed by atoms with Crippen molar-refractivity contribution in [1.82, 2.24) is 0 Å². The lowest BCUT2D eigenvalue weighted by atomic mass is 9.97. The summed E-state index contributed by atoms with van der Waals surface area (Å²) in [6.45, 7) is 0. The maximum Gasteiger partial charge on any atom is 0.134 e. The predicted molar refractivity (Wildman–Crippen MR) is 138 cm³/mol. The molecule has 0 saturated heterocycles. The second kappa shape index (κ2) is 8.29. The lowest BCUT2D eigenvalue weighted by Gasteiger charge is -2.07. The topological polar surface area (TPSA) is 13.1 Å². The highest BCUT2D eigenvalue weighted by atomic mass is 16.3. The largest absolute Gasteiger partial charge is 0.456 e. The highest BCUT2D eigenvalue weighted by Gasteiger charge is 2.09. The van der Waals surface area contributed by atoms with Crippen molar-refractivity contribution in [1.29, 1.82) is 0 Å². The van der Waals surface area contributed by atoms with Crippen LogP contribution in [0.25, 0.3) is 55.7 Å². The SMILES string of the molecule is c1ccc(-c2ccc(-c3ccc(-c4ccc(-c5cccc6ccccc56)cc4)o3)cc2)cc1. The van der Waals surface area contributed by atoms with Gasteiger partial charge in [-0.05, 0) is 45.2 Å². The Bertz CT molecular complexity index is 1520. The van der Waals surface area contributed by atoms with E-state index in [1.54, 1.807) is 0 Å². The van der Waals surface area contributed by atoms with Crippen molar-refractivity contribution in [3.05, 3.63) is 133 Å². The zero-order chi connectivity index (χ0) is 22.0. The summed E-state index contributed by atoms with van der Waals surface area (Å²) in [5.74, 6) is 1.75. The summed E-state index contributed by atoms with van der Waals surface area (Å²) in [6.07, 6.45) is 0. The fraction of sp³-hybridized carbons (Fsp3) is 0. The van der Waals surface area contributed by atoms with Gasteiger partial charge in [-0.2, -0.15) is 0 Å². The first kappa shape index (κ1) is 19.3. The average Bonchev–Trinajstić information content (AvgIpc) is 3.40. The van der Waals surface area contributed by atoms with Crippen molar-refractivity contribution in [2.24, 2.45) is 0 Å². The molecule has 6 rings (SSSR count). The van der Waals surface area contributed by atoms with Crippen LogP contribution in [0.1, 0.15) is 0 Å². The monoisotopic (exact) mass is 422 g/mol. The van der Waals surface area contributed by atoms with E-state index in [4.69, 9.17) is 4.42 Å². The summed E-state index contributed by atoms with van der Waals surface area (Å²) in [5.41, 5.74) is 7.03. The highest BCUT2D eigenvalue weighted by molar-refractivity contribution is 5.96. The predicted octanol–water partition coefficient (Wildman–Crippen LogP) is 9.10. The molecule has 0 saturated carbocycles. The van der Waals surface area contributed by atoms with E-state index < -0.39 is 0 Å². The third kappa shape index (κ3) is 3.75. The Kier molecular flexibility index (Phi) is 4.86. The van der Waals surface area contributed by atoms with Crippen molar-refractivity contribution in [3.63, 3.8) is 0 Å². The van der Waals surface area contributed by atoms with E-state index >= 15 is 0 Å². The second-order valence-electron chi connectivity index (χ2n) is 8.21. The molecule has 6 aromatic rings. The molecule has 0 spiro atoms. The first-order chi connectivity index (χ1) is 16.3. The fourth-order valence-electron chi connectivity index (χ4n) is 4.40. The molecule has 5 aromatic carbocycles. The number of furan rings is 1. The minimum absolute atomic E-state index is 0.876. The van der Waals surface area contributed by atoms with Crippen molar-refractivity contribution >= 4 is 10.8 Å². The van der Waals surface area contributed by atoms with Gasteiger partial charge in [0.05, 0.1) is 0 Å². The zero-order valence-electron chi connectivity index (χ0n) is 18.1. The molecular formula is C32H22O. The van der Waals surface area contributed by atoms with Crippen LogP contribution in [-0.4, -0.2) is 0 Å². The molecule has 0 unspecified atom stereocenters. The molecule has 0 radical (unpaired) electrons. The standard InChI is InChI=1S/C32H22O/c1-2-7-23(8-3-1)24-13-17-27(18-14-24)31-21-22-32(33-31)28-19-15-26(16-20-28)30-12-6-10-25-9-4-5-11-29(25)30/h1-22H. The molecule has 156 valence electrons. The number of benzene rings is 5. The molecule has 0 aliphatic heterocycles. The zero-order valence-corrected chi connectivity index (χ0v) is 18.1. The van der Waals surface area contributed by atoms with Gasteiger partial charge in [-0.3, -0.25) is 0 Å². The van der Waals surface area contributed by atoms with Crippen LogP contribution in [0.2, 0.25) is 0 Å². The summed E-state index contributed by atoms with van der Waals surface area (Å²) in [7, 11) is 0. The normalized spacial score (nSPS) is 11.0. The van der Waals surface area contributed by atoms with Crippen LogP contribution in [0.3, 0.4) is 0 Å². The quantitative estimate of drug-likeness (QED) is 0.276.